The maximum Gasteiger partial charge on any atom is 0.416 e. The van der Waals surface area contributed by atoms with Gasteiger partial charge in [0, 0.05) is 30.6 Å². The lowest BCUT2D eigenvalue weighted by molar-refractivity contribution is -0.137. The van der Waals surface area contributed by atoms with E-state index in [9.17, 15) is 23.2 Å². The number of carbonyl (C=O) groups is 1. The van der Waals surface area contributed by atoms with Gasteiger partial charge in [0.1, 0.15) is 0 Å². The highest BCUT2D eigenvalue weighted by Crippen LogP contribution is 2.41. The zero-order chi connectivity index (χ0) is 19.0. The average molecular weight is 355 g/mol. The number of hydrogen-bond donors (Lipinski definition) is 1. The molecule has 1 aromatic rings. The van der Waals surface area contributed by atoms with Crippen LogP contribution < -0.4 is 5.73 Å². The number of alkyl halides is 3. The number of halogens is 3. The molecule has 136 valence electrons. The molecule has 8 heteroatoms. The minimum Gasteiger partial charge on any atom is -0.437 e. The van der Waals surface area contributed by atoms with Crippen molar-refractivity contribution in [3.63, 3.8) is 0 Å². The molecule has 1 heterocycles. The topological polar surface area (TPSA) is 79.3 Å². The van der Waals surface area contributed by atoms with Crippen LogP contribution in [0.4, 0.5) is 18.0 Å². The van der Waals surface area contributed by atoms with Gasteiger partial charge >= 0.3 is 12.3 Å². The molecule has 0 bridgehead atoms. The van der Waals surface area contributed by atoms with E-state index in [4.69, 9.17) is 10.5 Å². The standard InChI is InChI=1S/C17H20F3N3O2/c1-15(2,3)23-7-6-16(10-23,25-14(22)24)13-5-4-12(17(18,19)20)8-11(13)9-21/h4-5,8H,6-7,10H2,1-3H3,(H2,22,24)/t16-/m1/s1. The number of likely N-dealkylation sites (tertiary alicyclic amines) is 1. The van der Waals surface area contributed by atoms with Gasteiger partial charge in [-0.1, -0.05) is 6.07 Å². The molecule has 2 N–H and O–H groups in total. The maximum atomic E-state index is 12.9. The van der Waals surface area contributed by atoms with Crippen LogP contribution in [0.3, 0.4) is 0 Å². The van der Waals surface area contributed by atoms with Crippen molar-refractivity contribution in [1.82, 2.24) is 4.90 Å². The van der Waals surface area contributed by atoms with Crippen LogP contribution in [-0.4, -0.2) is 29.6 Å². The number of benzene rings is 1. The quantitative estimate of drug-likeness (QED) is 0.882. The summed E-state index contributed by atoms with van der Waals surface area (Å²) in [6, 6.07) is 4.66. The summed E-state index contributed by atoms with van der Waals surface area (Å²) in [6.07, 6.45) is -5.25. The van der Waals surface area contributed by atoms with E-state index in [1.165, 1.54) is 6.07 Å². The number of carbonyl (C=O) groups excluding carboxylic acids is 1. The summed E-state index contributed by atoms with van der Waals surface area (Å²) in [4.78, 5) is 13.5. The van der Waals surface area contributed by atoms with Gasteiger partial charge in [0.15, 0.2) is 5.60 Å². The number of nitriles is 1. The van der Waals surface area contributed by atoms with Gasteiger partial charge in [-0.15, -0.1) is 0 Å². The van der Waals surface area contributed by atoms with E-state index >= 15 is 0 Å². The number of rotatable bonds is 2. The van der Waals surface area contributed by atoms with Gasteiger partial charge in [0.2, 0.25) is 0 Å². The predicted molar refractivity (Wildman–Crippen MR) is 84.4 cm³/mol. The molecule has 0 saturated carbocycles. The van der Waals surface area contributed by atoms with E-state index in [1.807, 2.05) is 25.7 Å². The summed E-state index contributed by atoms with van der Waals surface area (Å²) in [5, 5.41) is 9.34. The molecule has 0 radical (unpaired) electrons. The smallest absolute Gasteiger partial charge is 0.416 e. The highest BCUT2D eigenvalue weighted by atomic mass is 19.4. The lowest BCUT2D eigenvalue weighted by Crippen LogP contribution is -2.44. The Labute approximate surface area is 144 Å². The lowest BCUT2D eigenvalue weighted by Gasteiger charge is -2.35. The molecule has 0 aromatic heterocycles. The monoisotopic (exact) mass is 355 g/mol. The summed E-state index contributed by atoms with van der Waals surface area (Å²) in [6.45, 7) is 6.74. The molecule has 1 aromatic carbocycles. The van der Waals surface area contributed by atoms with Crippen LogP contribution in [0.25, 0.3) is 0 Å². The first kappa shape index (κ1) is 19.1. The van der Waals surface area contributed by atoms with Gasteiger partial charge in [-0.05, 0) is 32.9 Å². The summed E-state index contributed by atoms with van der Waals surface area (Å²) in [5.41, 5.74) is 2.87. The van der Waals surface area contributed by atoms with Crippen molar-refractivity contribution >= 4 is 6.09 Å². The SMILES string of the molecule is CC(C)(C)N1CC[C@](OC(N)=O)(c2ccc(C(F)(F)F)cc2C#N)C1. The number of nitrogens with two attached hydrogens (primary N) is 1. The molecule has 1 aliphatic rings. The van der Waals surface area contributed by atoms with Gasteiger partial charge in [0.05, 0.1) is 17.2 Å². The average Bonchev–Trinajstić information content (AvgIpc) is 2.90. The number of amides is 1. The summed E-state index contributed by atoms with van der Waals surface area (Å²) >= 11 is 0. The third-order valence-electron chi connectivity index (χ3n) is 4.43. The normalized spacial score (nSPS) is 21.8. The van der Waals surface area contributed by atoms with E-state index in [1.54, 1.807) is 6.07 Å². The second kappa shape index (κ2) is 6.23. The second-order valence-corrected chi connectivity index (χ2v) is 7.13. The Hall–Kier alpha value is -2.27. The zero-order valence-electron chi connectivity index (χ0n) is 14.3. The van der Waals surface area contributed by atoms with Crippen molar-refractivity contribution in [3.8, 4) is 6.07 Å². The van der Waals surface area contributed by atoms with Gasteiger partial charge in [-0.3, -0.25) is 4.90 Å². The van der Waals surface area contributed by atoms with Crippen LogP contribution in [0.5, 0.6) is 0 Å². The number of ether oxygens (including phenoxy) is 1. The Kier molecular flexibility index (Phi) is 4.75. The van der Waals surface area contributed by atoms with Crippen molar-refractivity contribution in [3.05, 3.63) is 34.9 Å². The predicted octanol–water partition coefficient (Wildman–Crippen LogP) is 3.37. The molecule has 2 rings (SSSR count). The number of hydrogen-bond acceptors (Lipinski definition) is 4. The Morgan fingerprint density at radius 1 is 1.36 bits per heavy atom. The molecule has 25 heavy (non-hydrogen) atoms. The largest absolute Gasteiger partial charge is 0.437 e. The molecule has 0 spiro atoms. The molecule has 1 saturated heterocycles. The van der Waals surface area contributed by atoms with Gasteiger partial charge in [-0.2, -0.15) is 18.4 Å². The van der Waals surface area contributed by atoms with Crippen molar-refractivity contribution in [2.75, 3.05) is 13.1 Å². The minimum atomic E-state index is -4.56. The minimum absolute atomic E-state index is 0.174. The zero-order valence-corrected chi connectivity index (χ0v) is 14.3. The summed E-state index contributed by atoms with van der Waals surface area (Å²) in [7, 11) is 0. The van der Waals surface area contributed by atoms with Crippen LogP contribution >= 0.6 is 0 Å². The van der Waals surface area contributed by atoms with Crippen LogP contribution in [-0.2, 0) is 16.5 Å². The van der Waals surface area contributed by atoms with E-state index in [-0.39, 0.29) is 23.2 Å². The Bertz CT molecular complexity index is 719. The molecule has 1 fully saturated rings. The van der Waals surface area contributed by atoms with Crippen LogP contribution in [0, 0.1) is 11.3 Å². The van der Waals surface area contributed by atoms with Crippen molar-refractivity contribution in [1.29, 1.82) is 5.26 Å². The van der Waals surface area contributed by atoms with Crippen molar-refractivity contribution in [2.24, 2.45) is 5.73 Å². The van der Waals surface area contributed by atoms with Gasteiger partial charge in [-0.25, -0.2) is 4.79 Å². The molecular formula is C17H20F3N3O2. The Morgan fingerprint density at radius 2 is 2.00 bits per heavy atom. The Balaban J connectivity index is 2.54. The van der Waals surface area contributed by atoms with Gasteiger partial charge in [0.25, 0.3) is 0 Å². The van der Waals surface area contributed by atoms with Crippen LogP contribution in [0.2, 0.25) is 0 Å². The molecule has 0 unspecified atom stereocenters. The second-order valence-electron chi connectivity index (χ2n) is 7.13. The maximum absolute atomic E-state index is 12.9. The van der Waals surface area contributed by atoms with E-state index in [0.717, 1.165) is 12.1 Å². The fourth-order valence-corrected chi connectivity index (χ4v) is 3.12. The first-order chi connectivity index (χ1) is 11.4. The lowest BCUT2D eigenvalue weighted by atomic mass is 9.87. The summed E-state index contributed by atoms with van der Waals surface area (Å²) < 4.78 is 44.1. The molecule has 1 amide bonds. The summed E-state index contributed by atoms with van der Waals surface area (Å²) in [5.74, 6) is 0. The first-order valence-corrected chi connectivity index (χ1v) is 7.74. The van der Waals surface area contributed by atoms with Crippen molar-refractivity contribution < 1.29 is 22.7 Å². The van der Waals surface area contributed by atoms with Gasteiger partial charge < -0.3 is 10.5 Å². The highest BCUT2D eigenvalue weighted by molar-refractivity contribution is 5.66. The van der Waals surface area contributed by atoms with Crippen LogP contribution in [0.15, 0.2) is 18.2 Å². The fourth-order valence-electron chi connectivity index (χ4n) is 3.12. The van der Waals surface area contributed by atoms with E-state index < -0.39 is 23.4 Å². The molecule has 1 aliphatic heterocycles. The highest BCUT2D eigenvalue weighted by Gasteiger charge is 2.47. The number of primary amides is 1. The molecule has 5 nitrogen and oxygen atoms in total. The third-order valence-corrected chi connectivity index (χ3v) is 4.43. The Morgan fingerprint density at radius 3 is 2.44 bits per heavy atom. The molecule has 1 atom stereocenters. The number of nitrogens with zero attached hydrogens (tertiary/aromatic N) is 2. The fraction of sp³-hybridized carbons (Fsp3) is 0.529. The van der Waals surface area contributed by atoms with Crippen molar-refractivity contribution in [2.45, 2.75) is 44.5 Å². The molecule has 0 aliphatic carbocycles. The first-order valence-electron chi connectivity index (χ1n) is 7.74. The third kappa shape index (κ3) is 3.87. The van der Waals surface area contributed by atoms with E-state index in [0.29, 0.717) is 13.0 Å². The van der Waals surface area contributed by atoms with E-state index in [2.05, 4.69) is 0 Å². The molecular weight excluding hydrogens is 335 g/mol. The van der Waals surface area contributed by atoms with Crippen LogP contribution in [0.1, 0.15) is 43.9 Å².